The first-order valence-corrected chi connectivity index (χ1v) is 9.63. The summed E-state index contributed by atoms with van der Waals surface area (Å²) in [6.45, 7) is 1.46. The van der Waals surface area contributed by atoms with E-state index in [4.69, 9.17) is 9.47 Å². The number of carbonyl (C=O) groups is 1. The van der Waals surface area contributed by atoms with E-state index in [0.717, 1.165) is 0 Å². The van der Waals surface area contributed by atoms with Crippen molar-refractivity contribution in [2.75, 3.05) is 39.6 Å². The van der Waals surface area contributed by atoms with E-state index in [2.05, 4.69) is 10.6 Å². The molecule has 10 heteroatoms. The Labute approximate surface area is 159 Å². The van der Waals surface area contributed by atoms with Crippen molar-refractivity contribution >= 4 is 28.2 Å². The molecule has 1 aliphatic heterocycles. The van der Waals surface area contributed by atoms with Crippen LogP contribution in [0.3, 0.4) is 0 Å². The average molecular weight is 409 g/mol. The molecule has 1 heterocycles. The van der Waals surface area contributed by atoms with Crippen LogP contribution in [-0.4, -0.2) is 65.1 Å². The second kappa shape index (κ2) is 9.96. The summed E-state index contributed by atoms with van der Waals surface area (Å²) in [4.78, 5) is 12.0. The number of hydrogen-bond donors (Lipinski definition) is 3. The Morgan fingerprint density at radius 1 is 1.27 bits per heavy atom. The fourth-order valence-electron chi connectivity index (χ4n) is 2.62. The SMILES string of the molecule is COc1ccc(S(=O)(=O)CCC(=O)NCC2CNCC2O)cc1OC.Cl. The summed E-state index contributed by atoms with van der Waals surface area (Å²) < 4.78 is 35.0. The molecule has 0 bridgehead atoms. The summed E-state index contributed by atoms with van der Waals surface area (Å²) >= 11 is 0. The minimum atomic E-state index is -3.62. The maximum Gasteiger partial charge on any atom is 0.221 e. The first-order chi connectivity index (χ1) is 11.9. The second-order valence-corrected chi connectivity index (χ2v) is 7.98. The lowest BCUT2D eigenvalue weighted by molar-refractivity contribution is -0.120. The van der Waals surface area contributed by atoms with Crippen LogP contribution in [0.1, 0.15) is 6.42 Å². The van der Waals surface area contributed by atoms with Crippen LogP contribution < -0.4 is 20.1 Å². The van der Waals surface area contributed by atoms with E-state index in [9.17, 15) is 18.3 Å². The lowest BCUT2D eigenvalue weighted by Gasteiger charge is -2.14. The highest BCUT2D eigenvalue weighted by Gasteiger charge is 2.25. The molecule has 3 N–H and O–H groups in total. The van der Waals surface area contributed by atoms with E-state index in [1.807, 2.05) is 0 Å². The number of β-amino-alcohol motifs (C(OH)–C–C–N with tert-alkyl or cyclic N) is 1. The average Bonchev–Trinajstić information content (AvgIpc) is 3.02. The number of benzene rings is 1. The van der Waals surface area contributed by atoms with Gasteiger partial charge in [-0.2, -0.15) is 0 Å². The van der Waals surface area contributed by atoms with E-state index in [-0.39, 0.29) is 41.3 Å². The third-order valence-electron chi connectivity index (χ3n) is 4.18. The second-order valence-electron chi connectivity index (χ2n) is 5.88. The Morgan fingerprint density at radius 3 is 2.54 bits per heavy atom. The highest BCUT2D eigenvalue weighted by Crippen LogP contribution is 2.29. The Kier molecular flexibility index (Phi) is 8.61. The van der Waals surface area contributed by atoms with Crippen LogP contribution in [0, 0.1) is 5.92 Å². The fourth-order valence-corrected chi connectivity index (χ4v) is 3.87. The molecule has 2 unspecified atom stereocenters. The highest BCUT2D eigenvalue weighted by molar-refractivity contribution is 7.91. The van der Waals surface area contributed by atoms with Crippen LogP contribution in [0.2, 0.25) is 0 Å². The largest absolute Gasteiger partial charge is 0.493 e. The standard InChI is InChI=1S/C16H24N2O6S.ClH/c1-23-14-4-3-12(7-15(14)24-2)25(21,22)6-5-16(20)18-9-11-8-17-10-13(11)19;/h3-4,7,11,13,17,19H,5-6,8-10H2,1-2H3,(H,18,20);1H. The van der Waals surface area contributed by atoms with Crippen LogP contribution in [0.4, 0.5) is 0 Å². The molecule has 2 rings (SSSR count). The molecule has 0 saturated carbocycles. The molecule has 8 nitrogen and oxygen atoms in total. The van der Waals surface area contributed by atoms with Gasteiger partial charge in [0.05, 0.1) is 31.0 Å². The quantitative estimate of drug-likeness (QED) is 0.554. The van der Waals surface area contributed by atoms with E-state index in [0.29, 0.717) is 31.1 Å². The van der Waals surface area contributed by atoms with Gasteiger partial charge in [-0.3, -0.25) is 4.79 Å². The lowest BCUT2D eigenvalue weighted by atomic mass is 10.1. The molecule has 0 spiro atoms. The Bertz CT molecular complexity index is 713. The van der Waals surface area contributed by atoms with Gasteiger partial charge in [0.15, 0.2) is 21.3 Å². The summed E-state index contributed by atoms with van der Waals surface area (Å²) in [6, 6.07) is 4.32. The summed E-state index contributed by atoms with van der Waals surface area (Å²) in [5.41, 5.74) is 0. The summed E-state index contributed by atoms with van der Waals surface area (Å²) in [6.07, 6.45) is -0.636. The Hall–Kier alpha value is -1.55. The smallest absolute Gasteiger partial charge is 0.221 e. The number of sulfone groups is 1. The van der Waals surface area contributed by atoms with Gasteiger partial charge in [0, 0.05) is 38.0 Å². The first-order valence-electron chi connectivity index (χ1n) is 7.97. The zero-order valence-electron chi connectivity index (χ0n) is 14.7. The van der Waals surface area contributed by atoms with Gasteiger partial charge in [0.1, 0.15) is 0 Å². The summed E-state index contributed by atoms with van der Waals surface area (Å²) in [5, 5.41) is 15.4. The highest BCUT2D eigenvalue weighted by atomic mass is 35.5. The molecule has 0 aliphatic carbocycles. The van der Waals surface area contributed by atoms with Gasteiger partial charge in [-0.1, -0.05) is 0 Å². The van der Waals surface area contributed by atoms with E-state index >= 15 is 0 Å². The van der Waals surface area contributed by atoms with Crippen LogP contribution in [0.5, 0.6) is 11.5 Å². The number of rotatable bonds is 8. The number of methoxy groups -OCH3 is 2. The molecule has 1 aliphatic rings. The number of ether oxygens (including phenoxy) is 2. The third-order valence-corrected chi connectivity index (χ3v) is 5.89. The minimum Gasteiger partial charge on any atom is -0.493 e. The van der Waals surface area contributed by atoms with Gasteiger partial charge >= 0.3 is 0 Å². The number of amides is 1. The first kappa shape index (κ1) is 22.5. The molecule has 2 atom stereocenters. The fraction of sp³-hybridized carbons (Fsp3) is 0.562. The normalized spacial score (nSPS) is 19.5. The third kappa shape index (κ3) is 5.73. The van der Waals surface area contributed by atoms with Gasteiger partial charge < -0.3 is 25.2 Å². The molecule has 1 saturated heterocycles. The molecule has 1 fully saturated rings. The zero-order chi connectivity index (χ0) is 18.4. The zero-order valence-corrected chi connectivity index (χ0v) is 16.4. The predicted octanol–water partition coefficient (Wildman–Crippen LogP) is -0.0141. The molecule has 148 valence electrons. The lowest BCUT2D eigenvalue weighted by Crippen LogP contribution is -2.35. The molecule has 1 amide bonds. The van der Waals surface area contributed by atoms with Crippen molar-refractivity contribution in [2.24, 2.45) is 5.92 Å². The molecular weight excluding hydrogens is 384 g/mol. The number of hydrogen-bond acceptors (Lipinski definition) is 7. The summed E-state index contributed by atoms with van der Waals surface area (Å²) in [5.74, 6) is 0.0352. The van der Waals surface area contributed by atoms with Crippen molar-refractivity contribution in [1.82, 2.24) is 10.6 Å². The molecule has 1 aromatic rings. The van der Waals surface area contributed by atoms with Gasteiger partial charge in [-0.05, 0) is 12.1 Å². The molecule has 0 aromatic heterocycles. The van der Waals surface area contributed by atoms with Crippen LogP contribution in [0.25, 0.3) is 0 Å². The van der Waals surface area contributed by atoms with E-state index in [1.54, 1.807) is 0 Å². The molecular formula is C16H25ClN2O6S. The van der Waals surface area contributed by atoms with Crippen molar-refractivity contribution < 1.29 is 27.8 Å². The van der Waals surface area contributed by atoms with Crippen molar-refractivity contribution in [3.63, 3.8) is 0 Å². The monoisotopic (exact) mass is 408 g/mol. The predicted molar refractivity (Wildman–Crippen MR) is 98.8 cm³/mol. The molecule has 26 heavy (non-hydrogen) atoms. The van der Waals surface area contributed by atoms with Crippen LogP contribution in [-0.2, 0) is 14.6 Å². The van der Waals surface area contributed by atoms with Crippen molar-refractivity contribution in [3.8, 4) is 11.5 Å². The van der Waals surface area contributed by atoms with Gasteiger partial charge in [-0.15, -0.1) is 12.4 Å². The van der Waals surface area contributed by atoms with Gasteiger partial charge in [0.25, 0.3) is 0 Å². The maximum atomic E-state index is 12.4. The number of aliphatic hydroxyl groups is 1. The topological polar surface area (TPSA) is 114 Å². The molecule has 0 radical (unpaired) electrons. The molecule has 1 aromatic carbocycles. The Balaban J connectivity index is 0.00000338. The van der Waals surface area contributed by atoms with Crippen molar-refractivity contribution in [2.45, 2.75) is 17.4 Å². The maximum absolute atomic E-state index is 12.4. The van der Waals surface area contributed by atoms with E-state index in [1.165, 1.54) is 32.4 Å². The van der Waals surface area contributed by atoms with Gasteiger partial charge in [-0.25, -0.2) is 8.42 Å². The van der Waals surface area contributed by atoms with E-state index < -0.39 is 15.9 Å². The Morgan fingerprint density at radius 2 is 1.96 bits per heavy atom. The van der Waals surface area contributed by atoms with Crippen molar-refractivity contribution in [3.05, 3.63) is 18.2 Å². The number of halogens is 1. The summed E-state index contributed by atoms with van der Waals surface area (Å²) in [7, 11) is -0.729. The van der Waals surface area contributed by atoms with Crippen LogP contribution in [0.15, 0.2) is 23.1 Å². The van der Waals surface area contributed by atoms with Crippen LogP contribution >= 0.6 is 12.4 Å². The number of nitrogens with one attached hydrogen (secondary N) is 2. The number of carbonyl (C=O) groups excluding carboxylic acids is 1. The van der Waals surface area contributed by atoms with Gasteiger partial charge in [0.2, 0.25) is 5.91 Å². The number of aliphatic hydroxyl groups excluding tert-OH is 1. The van der Waals surface area contributed by atoms with Crippen molar-refractivity contribution in [1.29, 1.82) is 0 Å². The minimum absolute atomic E-state index is 0.